The first-order valence-corrected chi connectivity index (χ1v) is 10.2. The number of hydrogen-bond acceptors (Lipinski definition) is 3. The number of phenols is 3. The van der Waals surface area contributed by atoms with E-state index < -0.39 is 0 Å². The molecule has 0 fully saturated rings. The van der Waals surface area contributed by atoms with Crippen molar-refractivity contribution in [3.63, 3.8) is 0 Å². The van der Waals surface area contributed by atoms with Crippen LogP contribution >= 0.6 is 0 Å². The minimum absolute atomic E-state index is 0. The Morgan fingerprint density at radius 1 is 0.469 bits per heavy atom. The van der Waals surface area contributed by atoms with Crippen molar-refractivity contribution >= 4 is 0 Å². The predicted molar refractivity (Wildman–Crippen MR) is 130 cm³/mol. The molecule has 3 N–H and O–H groups in total. The Labute approximate surface area is 211 Å². The molecule has 0 aliphatic rings. The van der Waals surface area contributed by atoms with Gasteiger partial charge in [0, 0.05) is 26.2 Å². The van der Waals surface area contributed by atoms with Gasteiger partial charge in [0.25, 0.3) is 0 Å². The van der Waals surface area contributed by atoms with Crippen LogP contribution in [-0.2, 0) is 26.2 Å². The maximum atomic E-state index is 8.63. The largest absolute Gasteiger partial charge is 0.508 e. The summed E-state index contributed by atoms with van der Waals surface area (Å²) in [5.74, 6) is 0.965. The van der Waals surface area contributed by atoms with E-state index in [4.69, 9.17) is 15.3 Å². The molecular formula is C28H33O3Zr-. The van der Waals surface area contributed by atoms with Crippen LogP contribution in [0.3, 0.4) is 0 Å². The zero-order valence-electron chi connectivity index (χ0n) is 19.5. The van der Waals surface area contributed by atoms with Crippen molar-refractivity contribution in [3.05, 3.63) is 119 Å². The van der Waals surface area contributed by atoms with Crippen LogP contribution in [0.15, 0.2) is 91.0 Å². The second-order valence-corrected chi connectivity index (χ2v) is 7.13. The Morgan fingerprint density at radius 2 is 0.688 bits per heavy atom. The number of para-hydroxylation sites is 3. The fourth-order valence-corrected chi connectivity index (χ4v) is 2.69. The maximum absolute atomic E-state index is 8.63. The van der Waals surface area contributed by atoms with E-state index in [0.717, 1.165) is 0 Å². The SMILES string of the molecule is Cc1c(C)c(C)[c-](C)c1C.Oc1ccccc1.Oc1ccccc1.Oc1ccccc1.[Zr]. The van der Waals surface area contributed by atoms with Gasteiger partial charge in [-0.25, -0.2) is 0 Å². The summed E-state index contributed by atoms with van der Waals surface area (Å²) in [5, 5.41) is 25.9. The van der Waals surface area contributed by atoms with E-state index in [1.165, 1.54) is 27.8 Å². The van der Waals surface area contributed by atoms with Crippen molar-refractivity contribution in [2.75, 3.05) is 0 Å². The molecule has 4 aromatic carbocycles. The summed E-state index contributed by atoms with van der Waals surface area (Å²) in [6.45, 7) is 11.0. The van der Waals surface area contributed by atoms with Crippen molar-refractivity contribution < 1.29 is 41.5 Å². The zero-order valence-corrected chi connectivity index (χ0v) is 22.0. The first-order chi connectivity index (χ1) is 14.7. The predicted octanol–water partition coefficient (Wildman–Crippen LogP) is 7.12. The van der Waals surface area contributed by atoms with Crippen molar-refractivity contribution in [1.29, 1.82) is 0 Å². The van der Waals surface area contributed by atoms with Gasteiger partial charge in [-0.05, 0) is 36.4 Å². The van der Waals surface area contributed by atoms with Gasteiger partial charge in [-0.3, -0.25) is 0 Å². The maximum Gasteiger partial charge on any atom is 0.115 e. The van der Waals surface area contributed by atoms with E-state index in [9.17, 15) is 0 Å². The van der Waals surface area contributed by atoms with Crippen LogP contribution in [0.1, 0.15) is 27.8 Å². The molecule has 32 heavy (non-hydrogen) atoms. The van der Waals surface area contributed by atoms with Gasteiger partial charge >= 0.3 is 0 Å². The van der Waals surface area contributed by atoms with E-state index in [0.29, 0.717) is 17.2 Å². The summed E-state index contributed by atoms with van der Waals surface area (Å²) in [6.07, 6.45) is 0. The Bertz CT molecular complexity index is 826. The second kappa shape index (κ2) is 16.0. The summed E-state index contributed by atoms with van der Waals surface area (Å²) >= 11 is 0. The number of benzene rings is 3. The fourth-order valence-electron chi connectivity index (χ4n) is 2.69. The fraction of sp³-hybridized carbons (Fsp3) is 0.179. The monoisotopic (exact) mass is 507 g/mol. The average Bonchev–Trinajstić information content (AvgIpc) is 2.94. The molecule has 0 radical (unpaired) electrons. The Morgan fingerprint density at radius 3 is 0.781 bits per heavy atom. The molecule has 0 saturated heterocycles. The number of aromatic hydroxyl groups is 3. The third kappa shape index (κ3) is 11.1. The van der Waals surface area contributed by atoms with Crippen LogP contribution in [0.25, 0.3) is 0 Å². The average molecular weight is 509 g/mol. The Kier molecular flexibility index (Phi) is 14.6. The van der Waals surface area contributed by atoms with E-state index >= 15 is 0 Å². The summed E-state index contributed by atoms with van der Waals surface area (Å²) in [6, 6.07) is 26.1. The topological polar surface area (TPSA) is 60.7 Å². The third-order valence-electron chi connectivity index (χ3n) is 5.08. The molecule has 3 nitrogen and oxygen atoms in total. The van der Waals surface area contributed by atoms with E-state index in [1.54, 1.807) is 72.8 Å². The standard InChI is InChI=1S/C10H15.3C6H6O.Zr/c1-6-7(2)9(4)10(5)8(6)3;3*7-6-4-2-1-3-5-6;/h1-5H3;3*1-5,7H;/q-1;;;;. The molecule has 0 amide bonds. The van der Waals surface area contributed by atoms with E-state index in [-0.39, 0.29) is 26.2 Å². The molecule has 0 heterocycles. The zero-order chi connectivity index (χ0) is 23.2. The minimum atomic E-state index is 0. The summed E-state index contributed by atoms with van der Waals surface area (Å²) in [7, 11) is 0. The Hall–Kier alpha value is -2.71. The Balaban J connectivity index is 0.000000401. The molecule has 0 atom stereocenters. The van der Waals surface area contributed by atoms with Gasteiger partial charge in [0.2, 0.25) is 0 Å². The molecule has 4 heteroatoms. The van der Waals surface area contributed by atoms with Gasteiger partial charge in [-0.2, -0.15) is 27.8 Å². The van der Waals surface area contributed by atoms with E-state index in [2.05, 4.69) is 34.6 Å². The minimum Gasteiger partial charge on any atom is -0.508 e. The van der Waals surface area contributed by atoms with Crippen molar-refractivity contribution in [3.8, 4) is 17.2 Å². The smallest absolute Gasteiger partial charge is 0.115 e. The molecule has 0 aromatic heterocycles. The normalized spacial score (nSPS) is 8.91. The molecule has 0 saturated carbocycles. The third-order valence-corrected chi connectivity index (χ3v) is 5.08. The van der Waals surface area contributed by atoms with Crippen LogP contribution in [0.2, 0.25) is 0 Å². The van der Waals surface area contributed by atoms with Crippen LogP contribution in [0.4, 0.5) is 0 Å². The van der Waals surface area contributed by atoms with Crippen LogP contribution in [-0.4, -0.2) is 15.3 Å². The molecule has 4 rings (SSSR count). The van der Waals surface area contributed by atoms with Crippen LogP contribution < -0.4 is 0 Å². The van der Waals surface area contributed by atoms with E-state index in [1.807, 2.05) is 18.2 Å². The van der Waals surface area contributed by atoms with Crippen molar-refractivity contribution in [1.82, 2.24) is 0 Å². The van der Waals surface area contributed by atoms with Gasteiger partial charge < -0.3 is 15.3 Å². The van der Waals surface area contributed by atoms with Crippen molar-refractivity contribution in [2.45, 2.75) is 34.6 Å². The number of phenolic OH excluding ortho intramolecular Hbond substituents is 3. The molecule has 4 aromatic rings. The summed E-state index contributed by atoms with van der Waals surface area (Å²) < 4.78 is 0. The number of hydrogen-bond donors (Lipinski definition) is 3. The summed E-state index contributed by atoms with van der Waals surface area (Å²) in [4.78, 5) is 0. The van der Waals surface area contributed by atoms with Gasteiger partial charge in [0.1, 0.15) is 17.2 Å². The quantitative estimate of drug-likeness (QED) is 0.222. The first kappa shape index (κ1) is 29.3. The first-order valence-electron chi connectivity index (χ1n) is 10.2. The van der Waals surface area contributed by atoms with Crippen LogP contribution in [0.5, 0.6) is 17.2 Å². The van der Waals surface area contributed by atoms with Gasteiger partial charge in [-0.15, -0.1) is 0 Å². The van der Waals surface area contributed by atoms with Crippen molar-refractivity contribution in [2.24, 2.45) is 0 Å². The molecule has 0 spiro atoms. The molecule has 168 valence electrons. The van der Waals surface area contributed by atoms with Gasteiger partial charge in [0.05, 0.1) is 0 Å². The second-order valence-electron chi connectivity index (χ2n) is 7.13. The molecule has 0 unspecified atom stereocenters. The molecule has 0 bridgehead atoms. The molecule has 0 aliphatic carbocycles. The van der Waals surface area contributed by atoms with Crippen LogP contribution in [0, 0.1) is 34.6 Å². The molecular weight excluding hydrogens is 476 g/mol. The number of rotatable bonds is 0. The van der Waals surface area contributed by atoms with Gasteiger partial charge in [0.15, 0.2) is 0 Å². The van der Waals surface area contributed by atoms with Gasteiger partial charge in [-0.1, -0.05) is 89.2 Å². The molecule has 0 aliphatic heterocycles. The summed E-state index contributed by atoms with van der Waals surface area (Å²) in [5.41, 5.74) is 7.34.